The lowest BCUT2D eigenvalue weighted by Gasteiger charge is -2.09. The zero-order chi connectivity index (χ0) is 17.6. The third-order valence-corrected chi connectivity index (χ3v) is 3.24. The Kier molecular flexibility index (Phi) is 4.77. The lowest BCUT2D eigenvalue weighted by Crippen LogP contribution is -2.16. The van der Waals surface area contributed by atoms with Gasteiger partial charge in [0.2, 0.25) is 0 Å². The Balaban J connectivity index is 1.89. The third-order valence-electron chi connectivity index (χ3n) is 3.24. The molecule has 126 valence electrons. The third kappa shape index (κ3) is 4.03. The minimum absolute atomic E-state index is 0.299. The predicted molar refractivity (Wildman–Crippen MR) is 92.2 cm³/mol. The van der Waals surface area contributed by atoms with E-state index in [4.69, 9.17) is 11.6 Å². The number of aromatic nitrogens is 4. The molecule has 2 heterocycles. The normalized spacial score (nSPS) is 11.2. The van der Waals surface area contributed by atoms with Crippen molar-refractivity contribution in [3.05, 3.63) is 66.8 Å². The lowest BCUT2D eigenvalue weighted by molar-refractivity contribution is 0.628. The smallest absolute Gasteiger partial charge is 0.134 e. The van der Waals surface area contributed by atoms with Crippen LogP contribution in [0.3, 0.4) is 0 Å². The van der Waals surface area contributed by atoms with E-state index >= 15 is 0 Å². The van der Waals surface area contributed by atoms with Gasteiger partial charge in [0.15, 0.2) is 0 Å². The van der Waals surface area contributed by atoms with Crippen LogP contribution >= 0.6 is 0 Å². The molecule has 3 rings (SSSR count). The average molecular weight is 338 g/mol. The maximum Gasteiger partial charge on any atom is 0.134 e. The van der Waals surface area contributed by atoms with Crippen LogP contribution in [0.4, 0.5) is 15.9 Å². The Morgan fingerprint density at radius 1 is 1.04 bits per heavy atom. The molecule has 0 saturated heterocycles. The number of nitrogens with zero attached hydrogens (tertiary/aromatic N) is 4. The van der Waals surface area contributed by atoms with Crippen molar-refractivity contribution in [3.63, 3.8) is 0 Å². The van der Waals surface area contributed by atoms with Crippen molar-refractivity contribution in [1.82, 2.24) is 25.4 Å². The quantitative estimate of drug-likeness (QED) is 0.407. The van der Waals surface area contributed by atoms with E-state index < -0.39 is 5.82 Å². The number of nitrogens with one attached hydrogen (secondary N) is 2. The van der Waals surface area contributed by atoms with Crippen LogP contribution in [0.15, 0.2) is 55.4 Å². The molecule has 0 atom stereocenters. The van der Waals surface area contributed by atoms with Crippen LogP contribution in [-0.2, 0) is 0 Å². The fraction of sp³-hybridized carbons (Fsp3) is 0. The van der Waals surface area contributed by atoms with Gasteiger partial charge in [-0.25, -0.2) is 14.4 Å². The summed E-state index contributed by atoms with van der Waals surface area (Å²) in [6.45, 7) is 0. The average Bonchev–Trinajstić information content (AvgIpc) is 2.62. The first-order valence-electron chi connectivity index (χ1n) is 7.24. The maximum absolute atomic E-state index is 13.8. The van der Waals surface area contributed by atoms with Gasteiger partial charge in [-0.3, -0.25) is 15.8 Å². The molecule has 0 bridgehead atoms. The summed E-state index contributed by atoms with van der Waals surface area (Å²) in [5, 5.41) is 3.02. The molecule has 0 radical (unpaired) electrons. The Morgan fingerprint density at radius 2 is 1.92 bits per heavy atom. The first kappa shape index (κ1) is 16.3. The first-order valence-corrected chi connectivity index (χ1v) is 7.24. The van der Waals surface area contributed by atoms with Gasteiger partial charge in [-0.15, -0.1) is 0 Å². The standard InChI is InChI=1S/C16H15FN8/c17-11-3-10(13(18)7-24-19)4-12(5-11)25-16-6-14(22-9-23-16)15-8-20-1-2-21-15/h1-9,24H,18-19H2,(H,22,23,25)/b13-7-. The van der Waals surface area contributed by atoms with Crippen LogP contribution in [0.1, 0.15) is 5.56 Å². The molecule has 0 aliphatic rings. The highest BCUT2D eigenvalue weighted by Gasteiger charge is 2.07. The van der Waals surface area contributed by atoms with Crippen LogP contribution in [-0.4, -0.2) is 19.9 Å². The van der Waals surface area contributed by atoms with Gasteiger partial charge in [0.05, 0.1) is 17.6 Å². The molecule has 0 aliphatic carbocycles. The minimum Gasteiger partial charge on any atom is -0.397 e. The van der Waals surface area contributed by atoms with Crippen molar-refractivity contribution in [2.45, 2.75) is 0 Å². The second-order valence-corrected chi connectivity index (χ2v) is 5.00. The second kappa shape index (κ2) is 7.32. The van der Waals surface area contributed by atoms with E-state index in [2.05, 4.69) is 30.7 Å². The Bertz CT molecular complexity index is 898. The van der Waals surface area contributed by atoms with Gasteiger partial charge in [0.25, 0.3) is 0 Å². The van der Waals surface area contributed by atoms with Gasteiger partial charge < -0.3 is 16.5 Å². The Morgan fingerprint density at radius 3 is 2.68 bits per heavy atom. The highest BCUT2D eigenvalue weighted by molar-refractivity contribution is 5.69. The van der Waals surface area contributed by atoms with Crippen LogP contribution in [0, 0.1) is 5.82 Å². The summed E-state index contributed by atoms with van der Waals surface area (Å²) < 4.78 is 13.8. The summed E-state index contributed by atoms with van der Waals surface area (Å²) in [5.74, 6) is 5.23. The maximum atomic E-state index is 13.8. The summed E-state index contributed by atoms with van der Waals surface area (Å²) in [6.07, 6.45) is 7.50. The lowest BCUT2D eigenvalue weighted by atomic mass is 10.1. The fourth-order valence-electron chi connectivity index (χ4n) is 2.15. The van der Waals surface area contributed by atoms with E-state index in [0.29, 0.717) is 34.2 Å². The molecular weight excluding hydrogens is 323 g/mol. The predicted octanol–water partition coefficient (Wildman–Crippen LogP) is 1.54. The Hall–Kier alpha value is -3.59. The van der Waals surface area contributed by atoms with E-state index in [1.165, 1.54) is 24.7 Å². The summed E-state index contributed by atoms with van der Waals surface area (Å²) in [4.78, 5) is 16.5. The SMILES string of the molecule is NN/C=C(\N)c1cc(F)cc(Nc2cc(-c3cnccn3)ncn2)c1. The number of benzene rings is 1. The van der Waals surface area contributed by atoms with Crippen LogP contribution in [0.2, 0.25) is 0 Å². The summed E-state index contributed by atoms with van der Waals surface area (Å²) >= 11 is 0. The number of hydrogen-bond donors (Lipinski definition) is 4. The first-order chi connectivity index (χ1) is 12.2. The molecule has 9 heteroatoms. The van der Waals surface area contributed by atoms with E-state index in [-0.39, 0.29) is 0 Å². The van der Waals surface area contributed by atoms with Gasteiger partial charge in [-0.1, -0.05) is 0 Å². The largest absolute Gasteiger partial charge is 0.397 e. The van der Waals surface area contributed by atoms with Crippen molar-refractivity contribution in [1.29, 1.82) is 0 Å². The Labute approximate surface area is 142 Å². The summed E-state index contributed by atoms with van der Waals surface area (Å²) in [5.41, 5.74) is 10.6. The molecule has 2 aromatic heterocycles. The highest BCUT2D eigenvalue weighted by Crippen LogP contribution is 2.22. The molecule has 0 unspecified atom stereocenters. The van der Waals surface area contributed by atoms with Gasteiger partial charge >= 0.3 is 0 Å². The molecule has 0 aliphatic heterocycles. The summed E-state index contributed by atoms with van der Waals surface area (Å²) in [6, 6.07) is 6.00. The van der Waals surface area contributed by atoms with E-state index in [9.17, 15) is 4.39 Å². The van der Waals surface area contributed by atoms with Crippen molar-refractivity contribution >= 4 is 17.2 Å². The van der Waals surface area contributed by atoms with Crippen LogP contribution in [0.25, 0.3) is 17.1 Å². The van der Waals surface area contributed by atoms with Crippen LogP contribution < -0.4 is 22.3 Å². The number of anilines is 2. The van der Waals surface area contributed by atoms with Gasteiger partial charge in [-0.05, 0) is 18.2 Å². The second-order valence-electron chi connectivity index (χ2n) is 5.00. The summed E-state index contributed by atoms with van der Waals surface area (Å²) in [7, 11) is 0. The zero-order valence-electron chi connectivity index (χ0n) is 13.0. The number of hydrazine groups is 1. The molecular formula is C16H15FN8. The molecule has 0 saturated carbocycles. The number of halogens is 1. The zero-order valence-corrected chi connectivity index (χ0v) is 13.0. The van der Waals surface area contributed by atoms with E-state index in [0.717, 1.165) is 0 Å². The van der Waals surface area contributed by atoms with E-state index in [1.807, 2.05) is 0 Å². The van der Waals surface area contributed by atoms with Gasteiger partial charge in [0.1, 0.15) is 23.7 Å². The minimum atomic E-state index is -0.448. The van der Waals surface area contributed by atoms with Crippen LogP contribution in [0.5, 0.6) is 0 Å². The van der Waals surface area contributed by atoms with Gasteiger partial charge in [-0.2, -0.15) is 0 Å². The molecule has 0 fully saturated rings. The molecule has 6 N–H and O–H groups in total. The number of hydrogen-bond acceptors (Lipinski definition) is 8. The molecule has 3 aromatic rings. The van der Waals surface area contributed by atoms with Crippen molar-refractivity contribution in [2.24, 2.45) is 11.6 Å². The van der Waals surface area contributed by atoms with Crippen molar-refractivity contribution in [2.75, 3.05) is 5.32 Å². The van der Waals surface area contributed by atoms with Crippen molar-refractivity contribution in [3.8, 4) is 11.4 Å². The van der Waals surface area contributed by atoms with Gasteiger partial charge in [0, 0.05) is 35.9 Å². The number of rotatable bonds is 5. The topological polar surface area (TPSA) is 128 Å². The van der Waals surface area contributed by atoms with Crippen molar-refractivity contribution < 1.29 is 4.39 Å². The number of nitrogens with two attached hydrogens (primary N) is 2. The molecule has 25 heavy (non-hydrogen) atoms. The van der Waals surface area contributed by atoms with E-state index in [1.54, 1.807) is 30.7 Å². The molecule has 0 spiro atoms. The fourth-order valence-corrected chi connectivity index (χ4v) is 2.15. The molecule has 1 aromatic carbocycles. The molecule has 0 amide bonds. The monoisotopic (exact) mass is 338 g/mol. The highest BCUT2D eigenvalue weighted by atomic mass is 19.1. The molecule has 8 nitrogen and oxygen atoms in total.